The summed E-state index contributed by atoms with van der Waals surface area (Å²) in [5.41, 5.74) is 3.67. The fraction of sp³-hybridized carbons (Fsp3) is 0.0556. The molecule has 0 saturated heterocycles. The van der Waals surface area contributed by atoms with Crippen molar-refractivity contribution in [1.29, 1.82) is 0 Å². The Morgan fingerprint density at radius 2 is 2.12 bits per heavy atom. The third-order valence-corrected chi connectivity index (χ3v) is 3.59. The molecule has 3 aromatic rings. The van der Waals surface area contributed by atoms with Crippen LogP contribution in [0.1, 0.15) is 11.3 Å². The normalized spacial score (nSPS) is 10.8. The predicted molar refractivity (Wildman–Crippen MR) is 98.5 cm³/mol. The summed E-state index contributed by atoms with van der Waals surface area (Å²) in [4.78, 5) is 4.01. The summed E-state index contributed by atoms with van der Waals surface area (Å²) in [6, 6.07) is 10.1. The molecule has 0 fully saturated rings. The van der Waals surface area contributed by atoms with Gasteiger partial charge in [-0.15, -0.1) is 0 Å². The number of pyridine rings is 1. The number of hydrazone groups is 1. The summed E-state index contributed by atoms with van der Waals surface area (Å²) in [6.07, 6.45) is 4.81. The molecule has 0 aliphatic heterocycles. The molecule has 0 bridgehead atoms. The van der Waals surface area contributed by atoms with Crippen LogP contribution in [0.15, 0.2) is 64.4 Å². The van der Waals surface area contributed by atoms with E-state index in [1.54, 1.807) is 18.5 Å². The highest BCUT2D eigenvalue weighted by atomic mass is 32.1. The molecular formula is C18H14F2N4OS. The number of nitrogens with zero attached hydrogens (tertiary/aromatic N) is 2. The average molecular weight is 372 g/mol. The Kier molecular flexibility index (Phi) is 5.65. The molecule has 0 spiro atoms. The second-order valence-corrected chi connectivity index (χ2v) is 5.65. The number of benzene rings is 1. The Labute approximate surface area is 153 Å². The zero-order valence-corrected chi connectivity index (χ0v) is 14.3. The number of thiocarbonyl (C=S) groups is 1. The lowest BCUT2D eigenvalue weighted by Crippen LogP contribution is -2.31. The third kappa shape index (κ3) is 4.70. The Morgan fingerprint density at radius 3 is 2.92 bits per heavy atom. The van der Waals surface area contributed by atoms with Crippen LogP contribution in [-0.4, -0.2) is 16.3 Å². The quantitative estimate of drug-likeness (QED) is 0.407. The van der Waals surface area contributed by atoms with Crippen LogP contribution >= 0.6 is 12.2 Å². The summed E-state index contributed by atoms with van der Waals surface area (Å²) in [6.45, 7) is 0.513. The van der Waals surface area contributed by atoms with Crippen molar-refractivity contribution in [3.63, 3.8) is 0 Å². The van der Waals surface area contributed by atoms with Crippen LogP contribution in [0.3, 0.4) is 0 Å². The van der Waals surface area contributed by atoms with Crippen molar-refractivity contribution < 1.29 is 13.2 Å². The van der Waals surface area contributed by atoms with Gasteiger partial charge in [0.25, 0.3) is 0 Å². The molecule has 0 unspecified atom stereocenters. The van der Waals surface area contributed by atoms with Gasteiger partial charge >= 0.3 is 0 Å². The fourth-order valence-corrected chi connectivity index (χ4v) is 2.26. The summed E-state index contributed by atoms with van der Waals surface area (Å²) in [5.74, 6) is -0.533. The zero-order valence-electron chi connectivity index (χ0n) is 13.4. The van der Waals surface area contributed by atoms with Gasteiger partial charge in [0.05, 0.1) is 11.8 Å². The van der Waals surface area contributed by atoms with Gasteiger partial charge in [-0.1, -0.05) is 6.07 Å². The molecule has 0 saturated carbocycles. The van der Waals surface area contributed by atoms with Crippen LogP contribution in [0.2, 0.25) is 0 Å². The molecule has 132 valence electrons. The standard InChI is InChI=1S/C18H14F2N4OS/c19-13-3-5-16(20)15(8-13)17-6-4-14(25-17)11-23-24-18(26)22-10-12-2-1-7-21-9-12/h1-9,11H,10H2,(H2,22,24,26). The number of aromatic nitrogens is 1. The summed E-state index contributed by atoms with van der Waals surface area (Å²) >= 11 is 5.10. The lowest BCUT2D eigenvalue weighted by molar-refractivity contribution is 0.558. The van der Waals surface area contributed by atoms with Crippen molar-refractivity contribution >= 4 is 23.5 Å². The van der Waals surface area contributed by atoms with Crippen molar-refractivity contribution in [2.24, 2.45) is 5.10 Å². The molecule has 3 rings (SSSR count). The summed E-state index contributed by atoms with van der Waals surface area (Å²) in [5, 5.41) is 7.25. The Morgan fingerprint density at radius 1 is 1.23 bits per heavy atom. The van der Waals surface area contributed by atoms with E-state index in [0.29, 0.717) is 17.4 Å². The first-order valence-electron chi connectivity index (χ1n) is 7.63. The maximum atomic E-state index is 13.7. The largest absolute Gasteiger partial charge is 0.455 e. The number of hydrogen-bond donors (Lipinski definition) is 2. The molecule has 0 radical (unpaired) electrons. The first-order valence-corrected chi connectivity index (χ1v) is 8.04. The van der Waals surface area contributed by atoms with Gasteiger partial charge in [-0.25, -0.2) is 8.78 Å². The molecule has 0 aliphatic carbocycles. The monoisotopic (exact) mass is 372 g/mol. The highest BCUT2D eigenvalue weighted by molar-refractivity contribution is 7.80. The van der Waals surface area contributed by atoms with Crippen LogP contribution in [-0.2, 0) is 6.54 Å². The van der Waals surface area contributed by atoms with E-state index in [4.69, 9.17) is 16.6 Å². The molecule has 5 nitrogen and oxygen atoms in total. The second-order valence-electron chi connectivity index (χ2n) is 5.24. The van der Waals surface area contributed by atoms with Gasteiger partial charge in [0, 0.05) is 18.9 Å². The average Bonchev–Trinajstić information content (AvgIpc) is 3.11. The van der Waals surface area contributed by atoms with Crippen molar-refractivity contribution in [2.75, 3.05) is 0 Å². The number of halogens is 2. The van der Waals surface area contributed by atoms with Gasteiger partial charge in [-0.3, -0.25) is 10.4 Å². The van der Waals surface area contributed by atoms with Crippen LogP contribution in [0.25, 0.3) is 11.3 Å². The molecule has 2 aromatic heterocycles. The van der Waals surface area contributed by atoms with Crippen LogP contribution in [0.5, 0.6) is 0 Å². The second kappa shape index (κ2) is 8.30. The number of furan rings is 1. The van der Waals surface area contributed by atoms with Gasteiger partial charge < -0.3 is 9.73 Å². The molecule has 0 amide bonds. The Hall–Kier alpha value is -3.13. The minimum Gasteiger partial charge on any atom is -0.455 e. The molecule has 26 heavy (non-hydrogen) atoms. The fourth-order valence-electron chi connectivity index (χ4n) is 2.13. The topological polar surface area (TPSA) is 62.5 Å². The van der Waals surface area contributed by atoms with Gasteiger partial charge in [-0.05, 0) is 54.2 Å². The minimum absolute atomic E-state index is 0.0475. The van der Waals surface area contributed by atoms with E-state index in [1.165, 1.54) is 12.3 Å². The van der Waals surface area contributed by atoms with E-state index >= 15 is 0 Å². The SMILES string of the molecule is Fc1ccc(F)c(-c2ccc(C=NNC(=S)NCc3cccnc3)o2)c1. The highest BCUT2D eigenvalue weighted by Gasteiger charge is 2.10. The van der Waals surface area contributed by atoms with Crippen molar-refractivity contribution in [3.8, 4) is 11.3 Å². The number of rotatable bonds is 5. The van der Waals surface area contributed by atoms with Crippen molar-refractivity contribution in [1.82, 2.24) is 15.7 Å². The van der Waals surface area contributed by atoms with Gasteiger partial charge in [-0.2, -0.15) is 5.10 Å². The van der Waals surface area contributed by atoms with Crippen molar-refractivity contribution in [3.05, 3.63) is 77.8 Å². The molecule has 1 aromatic carbocycles. The lowest BCUT2D eigenvalue weighted by Gasteiger charge is -2.06. The maximum absolute atomic E-state index is 13.7. The molecule has 2 heterocycles. The molecule has 0 atom stereocenters. The smallest absolute Gasteiger partial charge is 0.187 e. The molecule has 8 heteroatoms. The highest BCUT2D eigenvalue weighted by Crippen LogP contribution is 2.25. The minimum atomic E-state index is -0.567. The molecule has 2 N–H and O–H groups in total. The molecule has 0 aliphatic rings. The Bertz CT molecular complexity index is 928. The first kappa shape index (κ1) is 17.7. The lowest BCUT2D eigenvalue weighted by atomic mass is 10.1. The van der Waals surface area contributed by atoms with Gasteiger partial charge in [0.2, 0.25) is 0 Å². The molecular weight excluding hydrogens is 358 g/mol. The van der Waals surface area contributed by atoms with E-state index in [2.05, 4.69) is 20.8 Å². The van der Waals surface area contributed by atoms with Crippen LogP contribution in [0.4, 0.5) is 8.78 Å². The van der Waals surface area contributed by atoms with Gasteiger partial charge in [0.15, 0.2) is 5.11 Å². The van der Waals surface area contributed by atoms with Crippen LogP contribution < -0.4 is 10.7 Å². The van der Waals surface area contributed by atoms with E-state index < -0.39 is 11.6 Å². The van der Waals surface area contributed by atoms with E-state index in [0.717, 1.165) is 23.8 Å². The predicted octanol–water partition coefficient (Wildman–Crippen LogP) is 3.62. The number of hydrogen-bond acceptors (Lipinski definition) is 4. The number of nitrogens with one attached hydrogen (secondary N) is 2. The summed E-state index contributed by atoms with van der Waals surface area (Å²) in [7, 11) is 0. The zero-order chi connectivity index (χ0) is 18.4. The van der Waals surface area contributed by atoms with E-state index in [1.807, 2.05) is 12.1 Å². The summed E-state index contributed by atoms with van der Waals surface area (Å²) < 4.78 is 32.4. The van der Waals surface area contributed by atoms with E-state index in [-0.39, 0.29) is 11.3 Å². The van der Waals surface area contributed by atoms with E-state index in [9.17, 15) is 8.78 Å². The van der Waals surface area contributed by atoms with Gasteiger partial charge in [0.1, 0.15) is 23.2 Å². The maximum Gasteiger partial charge on any atom is 0.187 e. The van der Waals surface area contributed by atoms with Crippen molar-refractivity contribution in [2.45, 2.75) is 6.54 Å². The Balaban J connectivity index is 1.55. The van der Waals surface area contributed by atoms with Crippen LogP contribution in [0, 0.1) is 11.6 Å². The third-order valence-electron chi connectivity index (χ3n) is 3.35. The first-order chi connectivity index (χ1) is 12.6.